The molecular weight excluding hydrogens is 407 g/mol. The van der Waals surface area contributed by atoms with Gasteiger partial charge in [0.05, 0.1) is 11.2 Å². The highest BCUT2D eigenvalue weighted by molar-refractivity contribution is 14.1. The Hall–Kier alpha value is -1.88. The average molecular weight is 430 g/mol. The summed E-state index contributed by atoms with van der Waals surface area (Å²) in [7, 11) is 4.09. The Labute approximate surface area is 158 Å². The number of alkyl halides is 1. The van der Waals surface area contributed by atoms with Crippen molar-refractivity contribution in [2.45, 2.75) is 6.92 Å². The van der Waals surface area contributed by atoms with E-state index in [1.165, 1.54) is 21.1 Å². The van der Waals surface area contributed by atoms with Crippen molar-refractivity contribution in [3.63, 3.8) is 0 Å². The molecule has 1 heterocycles. The zero-order valence-corrected chi connectivity index (χ0v) is 16.6. The fourth-order valence-corrected chi connectivity index (χ4v) is 2.24. The van der Waals surface area contributed by atoms with Crippen LogP contribution in [0.2, 0.25) is 0 Å². The van der Waals surface area contributed by atoms with Gasteiger partial charge in [-0.3, -0.25) is 0 Å². The van der Waals surface area contributed by atoms with Crippen LogP contribution in [0.3, 0.4) is 0 Å². The van der Waals surface area contributed by atoms with Gasteiger partial charge >= 0.3 is 0 Å². The second kappa shape index (κ2) is 9.42. The van der Waals surface area contributed by atoms with Crippen molar-refractivity contribution in [1.29, 1.82) is 0 Å². The van der Waals surface area contributed by atoms with Gasteiger partial charge in [-0.05, 0) is 40.3 Å². The van der Waals surface area contributed by atoms with E-state index in [0.717, 1.165) is 11.2 Å². The van der Waals surface area contributed by atoms with Crippen LogP contribution in [-0.4, -0.2) is 23.5 Å². The largest absolute Gasteiger partial charge is 0.378 e. The summed E-state index contributed by atoms with van der Waals surface area (Å²) >= 11 is 2.29. The van der Waals surface area contributed by atoms with Crippen LogP contribution in [0.25, 0.3) is 23.1 Å². The van der Waals surface area contributed by atoms with E-state index in [4.69, 9.17) is 0 Å². The first-order chi connectivity index (χ1) is 11.6. The second-order valence-corrected chi connectivity index (χ2v) is 7.04. The Bertz CT molecular complexity index is 792. The fourth-order valence-electron chi connectivity index (χ4n) is 2.24. The smallest absolute Gasteiger partial charge is 0.0709 e. The van der Waals surface area contributed by atoms with E-state index in [0.29, 0.717) is 0 Å². The first-order valence-corrected chi connectivity index (χ1v) is 9.54. The molecule has 3 rings (SSSR count). The molecule has 0 N–H and O–H groups in total. The van der Waals surface area contributed by atoms with Gasteiger partial charge in [0.2, 0.25) is 0 Å². The maximum atomic E-state index is 4.64. The third-order valence-electron chi connectivity index (χ3n) is 3.48. The molecule has 0 spiro atoms. The molecule has 0 aliphatic carbocycles. The number of anilines is 1. The molecule has 0 radical (unpaired) electrons. The van der Waals surface area contributed by atoms with Crippen LogP contribution in [0, 0.1) is 0 Å². The number of nitrogens with zero attached hydrogens (tertiary/aromatic N) is 2. The summed E-state index contributed by atoms with van der Waals surface area (Å²) in [5.74, 6) is 0. The Morgan fingerprint density at radius 3 is 2.25 bits per heavy atom. The van der Waals surface area contributed by atoms with Gasteiger partial charge in [-0.1, -0.05) is 72.0 Å². The highest BCUT2D eigenvalue weighted by Gasteiger charge is 1.96. The van der Waals surface area contributed by atoms with E-state index in [2.05, 4.69) is 87.9 Å². The van der Waals surface area contributed by atoms with E-state index in [1.54, 1.807) is 0 Å². The number of pyridine rings is 1. The summed E-state index contributed by atoms with van der Waals surface area (Å²) in [6, 6.07) is 20.8. The molecule has 24 heavy (non-hydrogen) atoms. The molecule has 3 heteroatoms. The van der Waals surface area contributed by atoms with E-state index < -0.39 is 0 Å². The number of fused-ring (bicyclic) bond motifs is 1. The van der Waals surface area contributed by atoms with Gasteiger partial charge < -0.3 is 4.90 Å². The van der Waals surface area contributed by atoms with Crippen molar-refractivity contribution in [3.8, 4) is 0 Å². The van der Waals surface area contributed by atoms with Crippen LogP contribution >= 0.6 is 22.6 Å². The van der Waals surface area contributed by atoms with Crippen LogP contribution in [0.5, 0.6) is 0 Å². The Kier molecular flexibility index (Phi) is 7.25. The summed E-state index contributed by atoms with van der Waals surface area (Å²) < 4.78 is 1.22. The fraction of sp³-hybridized carbons (Fsp3) is 0.190. The molecule has 3 aromatic rings. The summed E-state index contributed by atoms with van der Waals surface area (Å²) in [5.41, 5.74) is 4.39. The molecule has 0 aliphatic heterocycles. The molecule has 0 saturated carbocycles. The average Bonchev–Trinajstić information content (AvgIpc) is 2.61. The number of halogens is 1. The standard InChI is InChI=1S/C19H18N2.C2H5I/c1-21(2)18-13-8-15(9-14-18)7-11-17-12-10-16-5-3-4-6-19(16)20-17;1-2-3/h3-14H,1-2H3;2H2,1H3. The SMILES string of the molecule is CCI.CN(C)c1ccc(C=Cc2ccc3ccccc3n2)cc1. The normalized spacial score (nSPS) is 10.5. The minimum absolute atomic E-state index is 0.977. The van der Waals surface area contributed by atoms with Gasteiger partial charge in [0, 0.05) is 25.2 Å². The van der Waals surface area contributed by atoms with Gasteiger partial charge in [-0.25, -0.2) is 4.98 Å². The number of hydrogen-bond donors (Lipinski definition) is 0. The molecule has 0 saturated heterocycles. The van der Waals surface area contributed by atoms with Gasteiger partial charge in [0.25, 0.3) is 0 Å². The molecule has 1 aromatic heterocycles. The van der Waals surface area contributed by atoms with Gasteiger partial charge in [-0.15, -0.1) is 0 Å². The van der Waals surface area contributed by atoms with Crippen molar-refractivity contribution in [1.82, 2.24) is 4.98 Å². The number of rotatable bonds is 3. The number of para-hydroxylation sites is 1. The van der Waals surface area contributed by atoms with E-state index in [-0.39, 0.29) is 0 Å². The number of aromatic nitrogens is 1. The topological polar surface area (TPSA) is 16.1 Å². The van der Waals surface area contributed by atoms with Crippen molar-refractivity contribution in [2.75, 3.05) is 23.4 Å². The lowest BCUT2D eigenvalue weighted by Crippen LogP contribution is -2.07. The summed E-state index contributed by atoms with van der Waals surface area (Å²) in [4.78, 5) is 6.74. The summed E-state index contributed by atoms with van der Waals surface area (Å²) in [5, 5.41) is 1.17. The molecule has 0 aliphatic rings. The zero-order chi connectivity index (χ0) is 17.4. The quantitative estimate of drug-likeness (QED) is 0.379. The highest BCUT2D eigenvalue weighted by atomic mass is 127. The molecule has 2 aromatic carbocycles. The van der Waals surface area contributed by atoms with Gasteiger partial charge in [0.1, 0.15) is 0 Å². The maximum Gasteiger partial charge on any atom is 0.0709 e. The van der Waals surface area contributed by atoms with Crippen LogP contribution in [0.15, 0.2) is 60.7 Å². The molecule has 0 amide bonds. The van der Waals surface area contributed by atoms with Crippen molar-refractivity contribution in [3.05, 3.63) is 71.9 Å². The van der Waals surface area contributed by atoms with Crippen molar-refractivity contribution in [2.24, 2.45) is 0 Å². The lowest BCUT2D eigenvalue weighted by molar-refractivity contribution is 1.13. The lowest BCUT2D eigenvalue weighted by Gasteiger charge is -2.11. The monoisotopic (exact) mass is 430 g/mol. The van der Waals surface area contributed by atoms with Crippen LogP contribution in [-0.2, 0) is 0 Å². The van der Waals surface area contributed by atoms with Crippen LogP contribution in [0.1, 0.15) is 18.2 Å². The molecule has 0 atom stereocenters. The second-order valence-electron chi connectivity index (χ2n) is 5.52. The van der Waals surface area contributed by atoms with Crippen molar-refractivity contribution < 1.29 is 0 Å². The summed E-state index contributed by atoms with van der Waals surface area (Å²) in [6.45, 7) is 2.11. The summed E-state index contributed by atoms with van der Waals surface area (Å²) in [6.07, 6.45) is 4.15. The Morgan fingerprint density at radius 2 is 1.58 bits per heavy atom. The first-order valence-electron chi connectivity index (χ1n) is 8.01. The van der Waals surface area contributed by atoms with E-state index >= 15 is 0 Å². The predicted octanol–water partition coefficient (Wildman–Crippen LogP) is 5.91. The minimum atomic E-state index is 0.977. The molecule has 0 unspecified atom stereocenters. The molecular formula is C21H23IN2. The maximum absolute atomic E-state index is 4.64. The zero-order valence-electron chi connectivity index (χ0n) is 14.4. The highest BCUT2D eigenvalue weighted by Crippen LogP contribution is 2.16. The Balaban J connectivity index is 0.000000647. The third kappa shape index (κ3) is 5.34. The van der Waals surface area contributed by atoms with Gasteiger partial charge in [-0.2, -0.15) is 0 Å². The van der Waals surface area contributed by atoms with Crippen LogP contribution < -0.4 is 4.90 Å². The minimum Gasteiger partial charge on any atom is -0.378 e. The van der Waals surface area contributed by atoms with Crippen LogP contribution in [0.4, 0.5) is 5.69 Å². The molecule has 0 bridgehead atoms. The van der Waals surface area contributed by atoms with Gasteiger partial charge in [0.15, 0.2) is 0 Å². The predicted molar refractivity (Wildman–Crippen MR) is 116 cm³/mol. The van der Waals surface area contributed by atoms with E-state index in [9.17, 15) is 0 Å². The number of hydrogen-bond acceptors (Lipinski definition) is 2. The van der Waals surface area contributed by atoms with Crippen molar-refractivity contribution >= 4 is 51.3 Å². The number of benzene rings is 2. The molecule has 124 valence electrons. The first kappa shape index (κ1) is 18.5. The lowest BCUT2D eigenvalue weighted by atomic mass is 10.1. The van der Waals surface area contributed by atoms with E-state index in [1.807, 2.05) is 38.4 Å². The molecule has 2 nitrogen and oxygen atoms in total. The Morgan fingerprint density at radius 1 is 0.917 bits per heavy atom. The third-order valence-corrected chi connectivity index (χ3v) is 3.48. The molecule has 0 fully saturated rings.